The Morgan fingerprint density at radius 3 is 2.71 bits per heavy atom. The first-order valence-electron chi connectivity index (χ1n) is 5.65. The molecule has 1 heterocycles. The van der Waals surface area contributed by atoms with Gasteiger partial charge < -0.3 is 4.90 Å². The van der Waals surface area contributed by atoms with E-state index in [9.17, 15) is 4.39 Å². The van der Waals surface area contributed by atoms with Gasteiger partial charge in [0, 0.05) is 31.7 Å². The van der Waals surface area contributed by atoms with Gasteiger partial charge in [0.15, 0.2) is 0 Å². The van der Waals surface area contributed by atoms with Gasteiger partial charge in [0.05, 0.1) is 6.67 Å². The van der Waals surface area contributed by atoms with Crippen LogP contribution in [0.1, 0.15) is 26.7 Å². The third-order valence-electron chi connectivity index (χ3n) is 3.19. The standard InChI is InChI=1S/C11H23FN2/c1-10(2)14-8-5-11(9-14)13(3)7-4-6-12/h10-11H,4-9H2,1-3H3/t11-/m1/s1. The summed E-state index contributed by atoms with van der Waals surface area (Å²) in [5.74, 6) is 0. The predicted octanol–water partition coefficient (Wildman–Crippen LogP) is 1.76. The molecular formula is C11H23FN2. The zero-order valence-corrected chi connectivity index (χ0v) is 9.67. The predicted molar refractivity (Wildman–Crippen MR) is 58.3 cm³/mol. The molecule has 1 aliphatic heterocycles. The lowest BCUT2D eigenvalue weighted by atomic mass is 10.2. The van der Waals surface area contributed by atoms with E-state index in [1.54, 1.807) is 0 Å². The van der Waals surface area contributed by atoms with Gasteiger partial charge in [-0.05, 0) is 33.7 Å². The summed E-state index contributed by atoms with van der Waals surface area (Å²) in [6.07, 6.45) is 1.91. The van der Waals surface area contributed by atoms with Crippen LogP contribution in [-0.2, 0) is 0 Å². The monoisotopic (exact) mass is 202 g/mol. The van der Waals surface area contributed by atoms with E-state index in [4.69, 9.17) is 0 Å². The maximum Gasteiger partial charge on any atom is 0.0906 e. The molecule has 14 heavy (non-hydrogen) atoms. The van der Waals surface area contributed by atoms with Crippen molar-refractivity contribution >= 4 is 0 Å². The molecule has 1 fully saturated rings. The fourth-order valence-corrected chi connectivity index (χ4v) is 2.09. The van der Waals surface area contributed by atoms with Gasteiger partial charge in [0.25, 0.3) is 0 Å². The van der Waals surface area contributed by atoms with Crippen molar-refractivity contribution in [3.8, 4) is 0 Å². The fraction of sp³-hybridized carbons (Fsp3) is 1.00. The van der Waals surface area contributed by atoms with Crippen molar-refractivity contribution in [3.05, 3.63) is 0 Å². The number of nitrogens with zero attached hydrogens (tertiary/aromatic N) is 2. The van der Waals surface area contributed by atoms with Gasteiger partial charge in [0.2, 0.25) is 0 Å². The van der Waals surface area contributed by atoms with E-state index in [1.807, 2.05) is 0 Å². The van der Waals surface area contributed by atoms with Gasteiger partial charge in [-0.2, -0.15) is 0 Å². The third kappa shape index (κ3) is 3.21. The van der Waals surface area contributed by atoms with Crippen LogP contribution in [0.4, 0.5) is 4.39 Å². The molecule has 1 aliphatic rings. The summed E-state index contributed by atoms with van der Waals surface area (Å²) in [6, 6.07) is 1.29. The molecular weight excluding hydrogens is 179 g/mol. The number of hydrogen-bond acceptors (Lipinski definition) is 2. The van der Waals surface area contributed by atoms with Crippen molar-refractivity contribution in [1.82, 2.24) is 9.80 Å². The van der Waals surface area contributed by atoms with Crippen LogP contribution in [-0.4, -0.2) is 55.2 Å². The Kier molecular flexibility index (Phi) is 4.82. The highest BCUT2D eigenvalue weighted by Gasteiger charge is 2.26. The van der Waals surface area contributed by atoms with Crippen molar-refractivity contribution in [1.29, 1.82) is 0 Å². The number of likely N-dealkylation sites (N-methyl/N-ethyl adjacent to an activating group) is 1. The van der Waals surface area contributed by atoms with E-state index < -0.39 is 0 Å². The molecule has 2 nitrogen and oxygen atoms in total. The maximum absolute atomic E-state index is 12.0. The Morgan fingerprint density at radius 1 is 1.50 bits per heavy atom. The first kappa shape index (κ1) is 11.9. The van der Waals surface area contributed by atoms with Gasteiger partial charge >= 0.3 is 0 Å². The van der Waals surface area contributed by atoms with Crippen LogP contribution >= 0.6 is 0 Å². The van der Waals surface area contributed by atoms with Crippen LogP contribution in [0, 0.1) is 0 Å². The van der Waals surface area contributed by atoms with Crippen LogP contribution in [0.2, 0.25) is 0 Å². The number of rotatable bonds is 5. The highest BCUT2D eigenvalue weighted by Crippen LogP contribution is 2.16. The van der Waals surface area contributed by atoms with Crippen LogP contribution in [0.25, 0.3) is 0 Å². The Labute approximate surface area is 87.1 Å². The highest BCUT2D eigenvalue weighted by atomic mass is 19.1. The topological polar surface area (TPSA) is 6.48 Å². The summed E-state index contributed by atoms with van der Waals surface area (Å²) >= 11 is 0. The minimum atomic E-state index is -0.190. The summed E-state index contributed by atoms with van der Waals surface area (Å²) < 4.78 is 12.0. The minimum absolute atomic E-state index is 0.190. The molecule has 0 unspecified atom stereocenters. The fourth-order valence-electron chi connectivity index (χ4n) is 2.09. The van der Waals surface area contributed by atoms with E-state index in [0.29, 0.717) is 18.5 Å². The lowest BCUT2D eigenvalue weighted by Gasteiger charge is -2.25. The van der Waals surface area contributed by atoms with E-state index in [-0.39, 0.29) is 6.67 Å². The van der Waals surface area contributed by atoms with Crippen LogP contribution in [0.15, 0.2) is 0 Å². The Balaban J connectivity index is 2.26. The largest absolute Gasteiger partial charge is 0.302 e. The second kappa shape index (κ2) is 5.66. The molecule has 0 radical (unpaired) electrons. The van der Waals surface area contributed by atoms with Crippen molar-refractivity contribution in [2.75, 3.05) is 33.4 Å². The Hall–Kier alpha value is -0.150. The van der Waals surface area contributed by atoms with Gasteiger partial charge in [-0.3, -0.25) is 9.29 Å². The lowest BCUT2D eigenvalue weighted by molar-refractivity contribution is 0.208. The zero-order chi connectivity index (χ0) is 10.6. The molecule has 0 saturated carbocycles. The van der Waals surface area contributed by atoms with E-state index >= 15 is 0 Å². The average Bonchev–Trinajstić information content (AvgIpc) is 2.62. The van der Waals surface area contributed by atoms with Crippen molar-refractivity contribution in [3.63, 3.8) is 0 Å². The van der Waals surface area contributed by atoms with Crippen molar-refractivity contribution in [2.45, 2.75) is 38.8 Å². The van der Waals surface area contributed by atoms with Crippen molar-refractivity contribution < 1.29 is 4.39 Å². The number of hydrogen-bond donors (Lipinski definition) is 0. The maximum atomic E-state index is 12.0. The van der Waals surface area contributed by atoms with Gasteiger partial charge in [-0.1, -0.05) is 0 Å². The Bertz CT molecular complexity index is 161. The summed E-state index contributed by atoms with van der Waals surface area (Å²) in [5.41, 5.74) is 0. The van der Waals surface area contributed by atoms with Gasteiger partial charge in [-0.25, -0.2) is 0 Å². The molecule has 0 N–H and O–H groups in total. The Morgan fingerprint density at radius 2 is 2.21 bits per heavy atom. The van der Waals surface area contributed by atoms with Crippen LogP contribution in [0.5, 0.6) is 0 Å². The molecule has 0 bridgehead atoms. The third-order valence-corrected chi connectivity index (χ3v) is 3.19. The molecule has 1 saturated heterocycles. The number of halogens is 1. The molecule has 0 aromatic carbocycles. The summed E-state index contributed by atoms with van der Waals surface area (Å²) in [5, 5.41) is 0. The normalized spacial score (nSPS) is 24.0. The average molecular weight is 202 g/mol. The van der Waals surface area contributed by atoms with E-state index in [1.165, 1.54) is 13.0 Å². The highest BCUT2D eigenvalue weighted by molar-refractivity contribution is 4.83. The quantitative estimate of drug-likeness (QED) is 0.670. The van der Waals surface area contributed by atoms with E-state index in [0.717, 1.165) is 13.1 Å². The molecule has 3 heteroatoms. The SMILES string of the molecule is CC(C)N1CC[C@@H](N(C)CCCF)C1. The molecule has 0 spiro atoms. The molecule has 0 aromatic rings. The first-order chi connectivity index (χ1) is 6.65. The van der Waals surface area contributed by atoms with Crippen molar-refractivity contribution in [2.24, 2.45) is 0 Å². The summed E-state index contributed by atoms with van der Waals surface area (Å²) in [4.78, 5) is 4.80. The van der Waals surface area contributed by atoms with Gasteiger partial charge in [-0.15, -0.1) is 0 Å². The minimum Gasteiger partial charge on any atom is -0.302 e. The molecule has 1 atom stereocenters. The van der Waals surface area contributed by atoms with Crippen LogP contribution in [0.3, 0.4) is 0 Å². The molecule has 0 amide bonds. The first-order valence-corrected chi connectivity index (χ1v) is 5.65. The van der Waals surface area contributed by atoms with Gasteiger partial charge in [0.1, 0.15) is 0 Å². The number of likely N-dealkylation sites (tertiary alicyclic amines) is 1. The summed E-state index contributed by atoms with van der Waals surface area (Å²) in [7, 11) is 2.12. The van der Waals surface area contributed by atoms with E-state index in [2.05, 4.69) is 30.7 Å². The van der Waals surface area contributed by atoms with Crippen LogP contribution < -0.4 is 0 Å². The number of alkyl halides is 1. The smallest absolute Gasteiger partial charge is 0.0906 e. The molecule has 0 aromatic heterocycles. The zero-order valence-electron chi connectivity index (χ0n) is 9.67. The summed E-state index contributed by atoms with van der Waals surface area (Å²) in [6.45, 7) is 7.54. The second-order valence-corrected chi connectivity index (χ2v) is 4.55. The molecule has 0 aliphatic carbocycles. The second-order valence-electron chi connectivity index (χ2n) is 4.55. The molecule has 84 valence electrons. The molecule has 1 rings (SSSR count). The lowest BCUT2D eigenvalue weighted by Crippen LogP contribution is -2.37.